The number of rotatable bonds is 4. The van der Waals surface area contributed by atoms with Crippen LogP contribution in [0.2, 0.25) is 0 Å². The molecule has 0 saturated carbocycles. The summed E-state index contributed by atoms with van der Waals surface area (Å²) in [7, 11) is 0. The summed E-state index contributed by atoms with van der Waals surface area (Å²) in [5.74, 6) is 1.34. The zero-order valence-corrected chi connectivity index (χ0v) is 10.4. The lowest BCUT2D eigenvalue weighted by Crippen LogP contribution is -2.08. The highest BCUT2D eigenvalue weighted by atomic mass is 35.5. The third-order valence-electron chi connectivity index (χ3n) is 2.55. The lowest BCUT2D eigenvalue weighted by atomic mass is 10.1. The number of ether oxygens (including phenoxy) is 1. The number of H-pyrrole nitrogens is 1. The van der Waals surface area contributed by atoms with E-state index in [1.165, 1.54) is 0 Å². The van der Waals surface area contributed by atoms with Crippen molar-refractivity contribution >= 4 is 22.5 Å². The van der Waals surface area contributed by atoms with Gasteiger partial charge in [0.25, 0.3) is 5.56 Å². The molecular weight excluding hydrogens is 238 g/mol. The molecule has 1 aromatic carbocycles. The molecule has 1 N–H and O–H groups in total. The summed E-state index contributed by atoms with van der Waals surface area (Å²) < 4.78 is 5.52. The molecule has 1 heterocycles. The van der Waals surface area contributed by atoms with Crippen molar-refractivity contribution in [3.8, 4) is 5.75 Å². The molecule has 0 bridgehead atoms. The van der Waals surface area contributed by atoms with E-state index in [4.69, 9.17) is 16.3 Å². The van der Waals surface area contributed by atoms with E-state index in [1.54, 1.807) is 6.92 Å². The first-order chi connectivity index (χ1) is 8.20. The Balaban J connectivity index is 2.30. The topological polar surface area (TPSA) is 42.1 Å². The highest BCUT2D eigenvalue weighted by Crippen LogP contribution is 2.18. The van der Waals surface area contributed by atoms with Gasteiger partial charge in [-0.05, 0) is 36.9 Å². The van der Waals surface area contributed by atoms with Gasteiger partial charge in [0, 0.05) is 17.5 Å². The zero-order chi connectivity index (χ0) is 12.3. The smallest absolute Gasteiger partial charge is 0.251 e. The van der Waals surface area contributed by atoms with Gasteiger partial charge in [-0.3, -0.25) is 4.79 Å². The molecule has 2 aromatic rings. The van der Waals surface area contributed by atoms with E-state index in [-0.39, 0.29) is 5.56 Å². The number of aromatic amines is 1. The predicted octanol–water partition coefficient (Wildman–Crippen LogP) is 2.84. The molecule has 90 valence electrons. The Morgan fingerprint density at radius 3 is 2.94 bits per heavy atom. The Morgan fingerprint density at radius 1 is 1.35 bits per heavy atom. The van der Waals surface area contributed by atoms with Gasteiger partial charge in [-0.1, -0.05) is 0 Å². The van der Waals surface area contributed by atoms with Gasteiger partial charge in [-0.25, -0.2) is 0 Å². The number of hydrogen-bond donors (Lipinski definition) is 1. The molecule has 0 atom stereocenters. The molecule has 0 fully saturated rings. The Hall–Kier alpha value is -1.48. The van der Waals surface area contributed by atoms with Crippen LogP contribution in [0.4, 0.5) is 0 Å². The maximum atomic E-state index is 11.5. The van der Waals surface area contributed by atoms with Gasteiger partial charge >= 0.3 is 0 Å². The fourth-order valence-corrected chi connectivity index (χ4v) is 1.73. The van der Waals surface area contributed by atoms with Crippen molar-refractivity contribution in [2.75, 3.05) is 12.5 Å². The summed E-state index contributed by atoms with van der Waals surface area (Å²) in [5.41, 5.74) is 1.45. The number of benzene rings is 1. The average Bonchev–Trinajstić information content (AvgIpc) is 2.31. The van der Waals surface area contributed by atoms with Crippen LogP contribution < -0.4 is 10.3 Å². The fourth-order valence-electron chi connectivity index (χ4n) is 1.62. The third-order valence-corrected chi connectivity index (χ3v) is 2.82. The van der Waals surface area contributed by atoms with Gasteiger partial charge in [0.05, 0.1) is 12.1 Å². The molecule has 1 aromatic heterocycles. The van der Waals surface area contributed by atoms with E-state index in [0.717, 1.165) is 23.1 Å². The quantitative estimate of drug-likeness (QED) is 0.671. The minimum absolute atomic E-state index is 0.0598. The maximum Gasteiger partial charge on any atom is 0.251 e. The number of hydrogen-bond acceptors (Lipinski definition) is 2. The van der Waals surface area contributed by atoms with Crippen LogP contribution in [0.25, 0.3) is 10.9 Å². The summed E-state index contributed by atoms with van der Waals surface area (Å²) in [6, 6.07) is 7.55. The minimum Gasteiger partial charge on any atom is -0.493 e. The van der Waals surface area contributed by atoms with Crippen LogP contribution in [0.1, 0.15) is 12.0 Å². The molecule has 3 nitrogen and oxygen atoms in total. The van der Waals surface area contributed by atoms with Crippen molar-refractivity contribution in [2.45, 2.75) is 13.3 Å². The highest BCUT2D eigenvalue weighted by molar-refractivity contribution is 6.17. The van der Waals surface area contributed by atoms with Gasteiger partial charge in [0.1, 0.15) is 5.75 Å². The summed E-state index contributed by atoms with van der Waals surface area (Å²) in [5, 5.41) is 1.01. The molecular formula is C13H14ClNO2. The van der Waals surface area contributed by atoms with Crippen LogP contribution in [0.5, 0.6) is 5.75 Å². The van der Waals surface area contributed by atoms with Crippen LogP contribution in [0, 0.1) is 6.92 Å². The van der Waals surface area contributed by atoms with E-state index >= 15 is 0 Å². The predicted molar refractivity (Wildman–Crippen MR) is 70.1 cm³/mol. The van der Waals surface area contributed by atoms with E-state index in [1.807, 2.05) is 24.3 Å². The van der Waals surface area contributed by atoms with Gasteiger partial charge in [-0.2, -0.15) is 0 Å². The molecule has 17 heavy (non-hydrogen) atoms. The Labute approximate surface area is 104 Å². The number of nitrogens with one attached hydrogen (secondary N) is 1. The Morgan fingerprint density at radius 2 is 2.18 bits per heavy atom. The van der Waals surface area contributed by atoms with Gasteiger partial charge in [-0.15, -0.1) is 11.6 Å². The SMILES string of the molecule is Cc1cc2ccc(OCCCCl)cc2[nH]c1=O. The van der Waals surface area contributed by atoms with Crippen molar-refractivity contribution in [3.63, 3.8) is 0 Å². The van der Waals surface area contributed by atoms with Gasteiger partial charge in [0.2, 0.25) is 0 Å². The molecule has 0 aliphatic heterocycles. The highest BCUT2D eigenvalue weighted by Gasteiger charge is 2.00. The molecule has 0 aliphatic rings. The molecule has 0 amide bonds. The Kier molecular flexibility index (Phi) is 3.69. The third kappa shape index (κ3) is 2.80. The van der Waals surface area contributed by atoms with E-state index in [2.05, 4.69) is 4.98 Å². The summed E-state index contributed by atoms with van der Waals surface area (Å²) in [4.78, 5) is 14.3. The average molecular weight is 252 g/mol. The first-order valence-corrected chi connectivity index (χ1v) is 6.06. The lowest BCUT2D eigenvalue weighted by Gasteiger charge is -2.06. The minimum atomic E-state index is -0.0598. The van der Waals surface area contributed by atoms with E-state index < -0.39 is 0 Å². The lowest BCUT2D eigenvalue weighted by molar-refractivity contribution is 0.318. The van der Waals surface area contributed by atoms with Crippen LogP contribution >= 0.6 is 11.6 Å². The zero-order valence-electron chi connectivity index (χ0n) is 9.63. The van der Waals surface area contributed by atoms with Crippen molar-refractivity contribution in [2.24, 2.45) is 0 Å². The standard InChI is InChI=1S/C13H14ClNO2/c1-9-7-10-3-4-11(17-6-2-5-14)8-12(10)15-13(9)16/h3-4,7-8H,2,5-6H2,1H3,(H,15,16). The van der Waals surface area contributed by atoms with Crippen molar-refractivity contribution in [1.29, 1.82) is 0 Å². The second-order valence-corrected chi connectivity index (χ2v) is 4.30. The van der Waals surface area contributed by atoms with E-state index in [0.29, 0.717) is 18.1 Å². The van der Waals surface area contributed by atoms with Crippen LogP contribution in [-0.4, -0.2) is 17.5 Å². The van der Waals surface area contributed by atoms with Crippen molar-refractivity contribution in [3.05, 3.63) is 40.2 Å². The maximum absolute atomic E-state index is 11.5. The molecule has 4 heteroatoms. The van der Waals surface area contributed by atoms with Crippen LogP contribution in [0.15, 0.2) is 29.1 Å². The first kappa shape index (κ1) is 12.0. The monoisotopic (exact) mass is 251 g/mol. The van der Waals surface area contributed by atoms with Crippen LogP contribution in [0.3, 0.4) is 0 Å². The van der Waals surface area contributed by atoms with E-state index in [9.17, 15) is 4.79 Å². The van der Waals surface area contributed by atoms with Crippen molar-refractivity contribution < 1.29 is 4.74 Å². The summed E-state index contributed by atoms with van der Waals surface area (Å²) in [6.07, 6.45) is 0.810. The van der Waals surface area contributed by atoms with Gasteiger partial charge in [0.15, 0.2) is 0 Å². The number of aryl methyl sites for hydroxylation is 1. The largest absolute Gasteiger partial charge is 0.493 e. The summed E-state index contributed by atoms with van der Waals surface area (Å²) >= 11 is 5.57. The second kappa shape index (κ2) is 5.23. The summed E-state index contributed by atoms with van der Waals surface area (Å²) in [6.45, 7) is 2.38. The number of halogens is 1. The molecule has 0 unspecified atom stereocenters. The number of pyridine rings is 1. The molecule has 2 rings (SSSR count). The number of fused-ring (bicyclic) bond motifs is 1. The van der Waals surface area contributed by atoms with Gasteiger partial charge < -0.3 is 9.72 Å². The normalized spacial score (nSPS) is 10.7. The molecule has 0 spiro atoms. The number of aromatic nitrogens is 1. The second-order valence-electron chi connectivity index (χ2n) is 3.92. The fraction of sp³-hybridized carbons (Fsp3) is 0.308. The van der Waals surface area contributed by atoms with Crippen LogP contribution in [-0.2, 0) is 0 Å². The van der Waals surface area contributed by atoms with Crippen molar-refractivity contribution in [1.82, 2.24) is 4.98 Å². The molecule has 0 aliphatic carbocycles. The molecule has 0 saturated heterocycles. The first-order valence-electron chi connectivity index (χ1n) is 5.53. The Bertz CT molecular complexity index is 577. The molecule has 0 radical (unpaired) electrons. The number of alkyl halides is 1.